The fourth-order valence-corrected chi connectivity index (χ4v) is 1.97. The summed E-state index contributed by atoms with van der Waals surface area (Å²) in [5.41, 5.74) is 9.30. The van der Waals surface area contributed by atoms with Crippen molar-refractivity contribution in [2.45, 2.75) is 46.6 Å². The van der Waals surface area contributed by atoms with E-state index in [9.17, 15) is 0 Å². The van der Waals surface area contributed by atoms with E-state index in [0.29, 0.717) is 12.1 Å². The first kappa shape index (κ1) is 20.2. The van der Waals surface area contributed by atoms with Gasteiger partial charge >= 0.3 is 0 Å². The normalized spacial score (nSPS) is 11.4. The molecule has 0 spiro atoms. The van der Waals surface area contributed by atoms with Crippen molar-refractivity contribution >= 4 is 35.6 Å². The Morgan fingerprint density at radius 2 is 1.81 bits per heavy atom. The number of guanidine groups is 1. The van der Waals surface area contributed by atoms with Gasteiger partial charge in [-0.1, -0.05) is 6.07 Å². The molecule has 21 heavy (non-hydrogen) atoms. The van der Waals surface area contributed by atoms with Gasteiger partial charge in [-0.15, -0.1) is 24.0 Å². The van der Waals surface area contributed by atoms with Crippen LogP contribution in [-0.4, -0.2) is 25.2 Å². The van der Waals surface area contributed by atoms with Crippen LogP contribution in [-0.2, 0) is 4.74 Å². The van der Waals surface area contributed by atoms with Crippen LogP contribution in [0.15, 0.2) is 23.2 Å². The molecule has 1 rings (SSSR count). The van der Waals surface area contributed by atoms with Gasteiger partial charge in [0, 0.05) is 18.8 Å². The number of aryl methyl sites for hydroxylation is 2. The molecule has 3 N–H and O–H groups in total. The van der Waals surface area contributed by atoms with Crippen LogP contribution < -0.4 is 11.1 Å². The van der Waals surface area contributed by atoms with E-state index < -0.39 is 0 Å². The zero-order valence-corrected chi connectivity index (χ0v) is 15.8. The highest BCUT2D eigenvalue weighted by atomic mass is 127. The highest BCUT2D eigenvalue weighted by molar-refractivity contribution is 14.0. The zero-order valence-electron chi connectivity index (χ0n) is 13.5. The lowest BCUT2D eigenvalue weighted by Gasteiger charge is -2.08. The van der Waals surface area contributed by atoms with Crippen LogP contribution in [0.4, 0.5) is 5.69 Å². The molecule has 0 radical (unpaired) electrons. The van der Waals surface area contributed by atoms with Crippen molar-refractivity contribution in [3.05, 3.63) is 29.3 Å². The molecule has 0 aliphatic rings. The van der Waals surface area contributed by atoms with Crippen LogP contribution in [0.3, 0.4) is 0 Å². The van der Waals surface area contributed by atoms with Crippen molar-refractivity contribution in [2.24, 2.45) is 10.7 Å². The van der Waals surface area contributed by atoms with E-state index in [1.54, 1.807) is 0 Å². The van der Waals surface area contributed by atoms with E-state index in [1.807, 2.05) is 13.8 Å². The molecule has 0 aliphatic heterocycles. The Morgan fingerprint density at radius 3 is 2.38 bits per heavy atom. The zero-order chi connectivity index (χ0) is 15.0. The third kappa shape index (κ3) is 9.68. The van der Waals surface area contributed by atoms with E-state index in [-0.39, 0.29) is 24.0 Å². The molecule has 0 aromatic heterocycles. The molecule has 0 aliphatic carbocycles. The SMILES string of the molecule is Cc1cc(C)cc(NC(N)=NCCCCOC(C)C)c1.I. The Balaban J connectivity index is 0.00000400. The van der Waals surface area contributed by atoms with Gasteiger partial charge in [-0.05, 0) is 63.8 Å². The van der Waals surface area contributed by atoms with Crippen LogP contribution in [0, 0.1) is 13.8 Å². The maximum Gasteiger partial charge on any atom is 0.193 e. The molecule has 0 heterocycles. The van der Waals surface area contributed by atoms with Gasteiger partial charge in [0.2, 0.25) is 0 Å². The van der Waals surface area contributed by atoms with Crippen LogP contribution in [0.25, 0.3) is 0 Å². The number of anilines is 1. The minimum atomic E-state index is 0. The molecular formula is C16H28IN3O. The Labute approximate surface area is 145 Å². The predicted octanol–water partition coefficient (Wildman–Crippen LogP) is 3.85. The molecule has 1 aromatic rings. The van der Waals surface area contributed by atoms with Gasteiger partial charge in [0.25, 0.3) is 0 Å². The van der Waals surface area contributed by atoms with Gasteiger partial charge in [0.05, 0.1) is 6.10 Å². The van der Waals surface area contributed by atoms with Crippen molar-refractivity contribution < 1.29 is 4.74 Å². The molecule has 0 bridgehead atoms. The third-order valence-corrected chi connectivity index (χ3v) is 2.78. The maximum absolute atomic E-state index is 5.88. The number of nitrogens with one attached hydrogen (secondary N) is 1. The first-order valence-electron chi connectivity index (χ1n) is 7.24. The van der Waals surface area contributed by atoms with E-state index in [2.05, 4.69) is 42.4 Å². The molecule has 0 saturated heterocycles. The number of rotatable bonds is 7. The second-order valence-electron chi connectivity index (χ2n) is 5.40. The lowest BCUT2D eigenvalue weighted by molar-refractivity contribution is 0.0764. The van der Waals surface area contributed by atoms with E-state index in [4.69, 9.17) is 10.5 Å². The number of unbranched alkanes of at least 4 members (excludes halogenated alkanes) is 1. The highest BCUT2D eigenvalue weighted by Gasteiger charge is 1.98. The molecule has 0 unspecified atom stereocenters. The Kier molecular flexibility index (Phi) is 10.4. The monoisotopic (exact) mass is 405 g/mol. The van der Waals surface area contributed by atoms with Gasteiger partial charge in [-0.3, -0.25) is 4.99 Å². The molecule has 0 fully saturated rings. The summed E-state index contributed by atoms with van der Waals surface area (Å²) >= 11 is 0. The van der Waals surface area contributed by atoms with Crippen molar-refractivity contribution in [1.82, 2.24) is 0 Å². The number of nitrogens with zero attached hydrogens (tertiary/aromatic N) is 1. The Morgan fingerprint density at radius 1 is 1.19 bits per heavy atom. The number of nitrogens with two attached hydrogens (primary N) is 1. The quantitative estimate of drug-likeness (QED) is 0.314. The summed E-state index contributed by atoms with van der Waals surface area (Å²) in [4.78, 5) is 4.32. The summed E-state index contributed by atoms with van der Waals surface area (Å²) in [6.45, 7) is 9.75. The number of hydrogen-bond acceptors (Lipinski definition) is 2. The third-order valence-electron chi connectivity index (χ3n) is 2.78. The van der Waals surface area contributed by atoms with Gasteiger partial charge < -0.3 is 15.8 Å². The Bertz CT molecular complexity index is 427. The minimum Gasteiger partial charge on any atom is -0.379 e. The standard InChI is InChI=1S/C16H27N3O.HI/c1-12(2)20-8-6-5-7-18-16(17)19-15-10-13(3)9-14(4)11-15;/h9-12H,5-8H2,1-4H3,(H3,17,18,19);1H. The van der Waals surface area contributed by atoms with E-state index >= 15 is 0 Å². The number of benzene rings is 1. The molecule has 5 heteroatoms. The van der Waals surface area contributed by atoms with Crippen LogP contribution in [0.1, 0.15) is 37.8 Å². The lowest BCUT2D eigenvalue weighted by atomic mass is 10.1. The van der Waals surface area contributed by atoms with Gasteiger partial charge in [0.15, 0.2) is 5.96 Å². The molecule has 1 aromatic carbocycles. The average molecular weight is 405 g/mol. The molecule has 0 amide bonds. The minimum absolute atomic E-state index is 0. The molecule has 120 valence electrons. The van der Waals surface area contributed by atoms with Crippen molar-refractivity contribution in [3.63, 3.8) is 0 Å². The summed E-state index contributed by atoms with van der Waals surface area (Å²) in [7, 11) is 0. The van der Waals surface area contributed by atoms with Crippen LogP contribution >= 0.6 is 24.0 Å². The van der Waals surface area contributed by atoms with Crippen molar-refractivity contribution in [1.29, 1.82) is 0 Å². The largest absolute Gasteiger partial charge is 0.379 e. The Hall–Kier alpha value is -0.820. The van der Waals surface area contributed by atoms with Crippen LogP contribution in [0.5, 0.6) is 0 Å². The lowest BCUT2D eigenvalue weighted by Crippen LogP contribution is -2.23. The number of halogens is 1. The molecule has 0 atom stereocenters. The first-order chi connectivity index (χ1) is 9.47. The number of hydrogen-bond donors (Lipinski definition) is 2. The topological polar surface area (TPSA) is 59.6 Å². The van der Waals surface area contributed by atoms with E-state index in [0.717, 1.165) is 31.7 Å². The highest BCUT2D eigenvalue weighted by Crippen LogP contribution is 2.13. The van der Waals surface area contributed by atoms with Crippen molar-refractivity contribution in [2.75, 3.05) is 18.5 Å². The van der Waals surface area contributed by atoms with E-state index in [1.165, 1.54) is 11.1 Å². The molecular weight excluding hydrogens is 377 g/mol. The number of aliphatic imine (C=N–C) groups is 1. The predicted molar refractivity (Wildman–Crippen MR) is 102 cm³/mol. The summed E-state index contributed by atoms with van der Waals surface area (Å²) in [5.74, 6) is 0.472. The fourth-order valence-electron chi connectivity index (χ4n) is 1.97. The molecule has 4 nitrogen and oxygen atoms in total. The smallest absolute Gasteiger partial charge is 0.193 e. The van der Waals surface area contributed by atoms with Gasteiger partial charge in [-0.25, -0.2) is 0 Å². The van der Waals surface area contributed by atoms with Gasteiger partial charge in [0.1, 0.15) is 0 Å². The first-order valence-corrected chi connectivity index (χ1v) is 7.24. The second-order valence-corrected chi connectivity index (χ2v) is 5.40. The molecule has 0 saturated carbocycles. The maximum atomic E-state index is 5.88. The number of ether oxygens (including phenoxy) is 1. The average Bonchev–Trinajstić information content (AvgIpc) is 2.31. The summed E-state index contributed by atoms with van der Waals surface area (Å²) in [6, 6.07) is 6.25. The van der Waals surface area contributed by atoms with Crippen LogP contribution in [0.2, 0.25) is 0 Å². The van der Waals surface area contributed by atoms with Gasteiger partial charge in [-0.2, -0.15) is 0 Å². The second kappa shape index (κ2) is 10.8. The van der Waals surface area contributed by atoms with Crippen molar-refractivity contribution in [3.8, 4) is 0 Å². The summed E-state index contributed by atoms with van der Waals surface area (Å²) < 4.78 is 5.48. The fraction of sp³-hybridized carbons (Fsp3) is 0.562. The summed E-state index contributed by atoms with van der Waals surface area (Å²) in [5, 5.41) is 3.13. The summed E-state index contributed by atoms with van der Waals surface area (Å²) in [6.07, 6.45) is 2.30.